The first-order chi connectivity index (χ1) is 11.7. The van der Waals surface area contributed by atoms with Gasteiger partial charge >= 0.3 is 0 Å². The summed E-state index contributed by atoms with van der Waals surface area (Å²) in [4.78, 5) is 2.64. The molecule has 4 aliphatic rings. The lowest BCUT2D eigenvalue weighted by atomic mass is 9.51. The Morgan fingerprint density at radius 3 is 3.12 bits per heavy atom. The van der Waals surface area contributed by atoms with Gasteiger partial charge in [-0.05, 0) is 55.3 Å². The summed E-state index contributed by atoms with van der Waals surface area (Å²) in [6.07, 6.45) is 6.77. The molecule has 3 nitrogen and oxygen atoms in total. The van der Waals surface area contributed by atoms with E-state index < -0.39 is 0 Å². The molecule has 3 heteroatoms. The van der Waals surface area contributed by atoms with Crippen LogP contribution in [0.5, 0.6) is 11.5 Å². The molecule has 2 heterocycles. The third-order valence-electron chi connectivity index (χ3n) is 6.94. The van der Waals surface area contributed by atoms with E-state index in [0.29, 0.717) is 12.0 Å². The molecule has 2 aliphatic heterocycles. The Balaban J connectivity index is 1.74. The van der Waals surface area contributed by atoms with Crippen LogP contribution in [0.3, 0.4) is 0 Å². The molecule has 126 valence electrons. The van der Waals surface area contributed by atoms with Gasteiger partial charge in [0, 0.05) is 23.6 Å². The third kappa shape index (κ3) is 1.57. The van der Waals surface area contributed by atoms with Crippen LogP contribution in [-0.2, 0) is 11.8 Å². The summed E-state index contributed by atoms with van der Waals surface area (Å²) in [6, 6.07) is 4.95. The molecular weight excluding hydrogens is 298 g/mol. The molecule has 2 fully saturated rings. The van der Waals surface area contributed by atoms with Crippen LogP contribution in [0.15, 0.2) is 36.9 Å². The Labute approximate surface area is 143 Å². The molecule has 2 aliphatic carbocycles. The summed E-state index contributed by atoms with van der Waals surface area (Å²) < 4.78 is 12.2. The number of nitrogens with zero attached hydrogens (tertiary/aromatic N) is 1. The second-order valence-electron chi connectivity index (χ2n) is 7.78. The van der Waals surface area contributed by atoms with Gasteiger partial charge in [0.05, 0.1) is 7.11 Å². The van der Waals surface area contributed by atoms with E-state index in [1.54, 1.807) is 7.11 Å². The zero-order valence-electron chi connectivity index (χ0n) is 14.4. The molecule has 1 aromatic rings. The van der Waals surface area contributed by atoms with Crippen LogP contribution >= 0.6 is 0 Å². The zero-order chi connectivity index (χ0) is 16.5. The molecule has 2 unspecified atom stereocenters. The minimum atomic E-state index is 0.120. The molecular formula is C21H25NO2. The molecule has 0 aromatic heterocycles. The van der Waals surface area contributed by atoms with Gasteiger partial charge in [-0.2, -0.15) is 0 Å². The molecule has 1 saturated heterocycles. The maximum absolute atomic E-state index is 6.54. The normalized spacial score (nSPS) is 36.0. The Bertz CT molecular complexity index is 740. The highest BCUT2D eigenvalue weighted by atomic mass is 16.5. The van der Waals surface area contributed by atoms with Crippen molar-refractivity contribution in [2.24, 2.45) is 5.92 Å². The monoisotopic (exact) mass is 323 g/mol. The largest absolute Gasteiger partial charge is 0.493 e. The molecule has 1 aromatic carbocycles. The van der Waals surface area contributed by atoms with Gasteiger partial charge in [0.25, 0.3) is 0 Å². The fourth-order valence-electron chi connectivity index (χ4n) is 6.09. The topological polar surface area (TPSA) is 21.7 Å². The number of benzene rings is 1. The van der Waals surface area contributed by atoms with Crippen molar-refractivity contribution in [2.75, 3.05) is 20.2 Å². The summed E-state index contributed by atoms with van der Waals surface area (Å²) in [5.41, 5.74) is 4.30. The number of ether oxygens (including phenoxy) is 2. The molecule has 2 bridgehead atoms. The molecule has 0 radical (unpaired) electrons. The van der Waals surface area contributed by atoms with E-state index in [9.17, 15) is 0 Å². The van der Waals surface area contributed by atoms with Crippen molar-refractivity contribution < 1.29 is 9.47 Å². The minimum Gasteiger partial charge on any atom is -0.493 e. The van der Waals surface area contributed by atoms with Gasteiger partial charge in [-0.3, -0.25) is 4.90 Å². The summed E-state index contributed by atoms with van der Waals surface area (Å²) >= 11 is 0. The van der Waals surface area contributed by atoms with Crippen molar-refractivity contribution in [3.63, 3.8) is 0 Å². The van der Waals surface area contributed by atoms with Crippen molar-refractivity contribution in [3.05, 3.63) is 48.1 Å². The van der Waals surface area contributed by atoms with Crippen LogP contribution in [-0.4, -0.2) is 37.2 Å². The highest BCUT2D eigenvalue weighted by Crippen LogP contribution is 2.64. The van der Waals surface area contributed by atoms with Gasteiger partial charge < -0.3 is 9.47 Å². The molecule has 0 amide bonds. The predicted molar refractivity (Wildman–Crippen MR) is 94.8 cm³/mol. The zero-order valence-corrected chi connectivity index (χ0v) is 14.4. The number of hydrogen-bond acceptors (Lipinski definition) is 3. The highest BCUT2D eigenvalue weighted by molar-refractivity contribution is 5.62. The van der Waals surface area contributed by atoms with Gasteiger partial charge in [0.15, 0.2) is 11.5 Å². The van der Waals surface area contributed by atoms with E-state index in [-0.39, 0.29) is 11.5 Å². The number of piperidine rings is 1. The predicted octanol–water partition coefficient (Wildman–Crippen LogP) is 3.48. The summed E-state index contributed by atoms with van der Waals surface area (Å²) in [5.74, 6) is 2.54. The van der Waals surface area contributed by atoms with Crippen LogP contribution in [0.4, 0.5) is 0 Å². The molecule has 0 N–H and O–H groups in total. The Morgan fingerprint density at radius 2 is 2.33 bits per heavy atom. The molecule has 5 rings (SSSR count). The first kappa shape index (κ1) is 14.6. The van der Waals surface area contributed by atoms with Crippen LogP contribution in [0.1, 0.15) is 30.4 Å². The summed E-state index contributed by atoms with van der Waals surface area (Å²) in [6.45, 7) is 10.5. The van der Waals surface area contributed by atoms with E-state index in [4.69, 9.17) is 9.47 Å². The molecule has 24 heavy (non-hydrogen) atoms. The Kier molecular flexibility index (Phi) is 2.97. The minimum absolute atomic E-state index is 0.120. The third-order valence-corrected chi connectivity index (χ3v) is 6.94. The second-order valence-corrected chi connectivity index (χ2v) is 7.78. The number of rotatable bonds is 3. The number of likely N-dealkylation sites (tertiary alicyclic amines) is 1. The molecule has 1 spiro atoms. The average molecular weight is 323 g/mol. The van der Waals surface area contributed by atoms with Gasteiger partial charge in [-0.15, -0.1) is 6.58 Å². The lowest BCUT2D eigenvalue weighted by Gasteiger charge is -2.58. The van der Waals surface area contributed by atoms with Gasteiger partial charge in [0.1, 0.15) is 6.10 Å². The van der Waals surface area contributed by atoms with E-state index in [0.717, 1.165) is 43.9 Å². The Hall–Kier alpha value is -1.74. The maximum Gasteiger partial charge on any atom is 0.166 e. The van der Waals surface area contributed by atoms with Crippen LogP contribution in [0, 0.1) is 5.92 Å². The van der Waals surface area contributed by atoms with Crippen molar-refractivity contribution >= 4 is 0 Å². The lowest BCUT2D eigenvalue weighted by molar-refractivity contribution is -0.0275. The molecule has 4 atom stereocenters. The van der Waals surface area contributed by atoms with Crippen molar-refractivity contribution in [1.82, 2.24) is 4.90 Å². The quantitative estimate of drug-likeness (QED) is 0.795. The maximum atomic E-state index is 6.54. The fourth-order valence-corrected chi connectivity index (χ4v) is 6.09. The van der Waals surface area contributed by atoms with Crippen LogP contribution in [0.25, 0.3) is 0 Å². The lowest BCUT2D eigenvalue weighted by Crippen LogP contribution is -2.64. The van der Waals surface area contributed by atoms with E-state index >= 15 is 0 Å². The smallest absolute Gasteiger partial charge is 0.166 e. The first-order valence-electron chi connectivity index (χ1n) is 9.10. The Morgan fingerprint density at radius 1 is 1.46 bits per heavy atom. The van der Waals surface area contributed by atoms with Crippen LogP contribution < -0.4 is 9.47 Å². The SMILES string of the molecule is C=CCN1CC[C@@]23c4c5ccc(OC)c4OC2C(=C)CC[C@@H]3C1C5. The standard InChI is InChI=1S/C21H25NO2/c1-4-10-22-11-9-21-15-7-5-13(2)20(21)24-19-17(23-3)8-6-14(18(19)21)12-16(15)22/h4,6,8,15-16,20H,1-2,5,7,9-12H2,3H3/t15-,16?,20?,21-/m1/s1. The number of methoxy groups -OCH3 is 1. The molecule has 1 saturated carbocycles. The van der Waals surface area contributed by atoms with Crippen molar-refractivity contribution in [1.29, 1.82) is 0 Å². The van der Waals surface area contributed by atoms with Gasteiger partial charge in [-0.25, -0.2) is 0 Å². The van der Waals surface area contributed by atoms with E-state index in [2.05, 4.69) is 36.3 Å². The van der Waals surface area contributed by atoms with Crippen LogP contribution in [0.2, 0.25) is 0 Å². The average Bonchev–Trinajstić information content (AvgIpc) is 2.94. The summed E-state index contributed by atoms with van der Waals surface area (Å²) in [7, 11) is 1.74. The van der Waals surface area contributed by atoms with E-state index in [1.807, 2.05) is 0 Å². The highest BCUT2D eigenvalue weighted by Gasteiger charge is 2.64. The summed E-state index contributed by atoms with van der Waals surface area (Å²) in [5, 5.41) is 0. The van der Waals surface area contributed by atoms with Gasteiger partial charge in [-0.1, -0.05) is 18.7 Å². The van der Waals surface area contributed by atoms with Gasteiger partial charge in [0.2, 0.25) is 0 Å². The second kappa shape index (κ2) is 4.89. The van der Waals surface area contributed by atoms with Crippen molar-refractivity contribution in [2.45, 2.75) is 43.2 Å². The fraction of sp³-hybridized carbons (Fsp3) is 0.524. The first-order valence-corrected chi connectivity index (χ1v) is 9.10. The van der Waals surface area contributed by atoms with E-state index in [1.165, 1.54) is 23.1 Å². The number of hydrogen-bond donors (Lipinski definition) is 0. The van der Waals surface area contributed by atoms with Crippen molar-refractivity contribution in [3.8, 4) is 11.5 Å².